The summed E-state index contributed by atoms with van der Waals surface area (Å²) in [5, 5.41) is 11.9. The summed E-state index contributed by atoms with van der Waals surface area (Å²) in [7, 11) is 0. The number of phenols is 1. The van der Waals surface area contributed by atoms with Crippen LogP contribution < -0.4 is 5.32 Å². The van der Waals surface area contributed by atoms with Gasteiger partial charge in [-0.3, -0.25) is 4.79 Å². The number of rotatable bonds is 3. The van der Waals surface area contributed by atoms with Crippen LogP contribution in [-0.4, -0.2) is 11.0 Å². The molecule has 0 saturated heterocycles. The summed E-state index contributed by atoms with van der Waals surface area (Å²) in [6, 6.07) is 14.9. The molecule has 0 heterocycles. The molecule has 0 atom stereocenters. The monoisotopic (exact) mass is 241 g/mol. The van der Waals surface area contributed by atoms with Gasteiger partial charge in [-0.25, -0.2) is 0 Å². The lowest BCUT2D eigenvalue weighted by atomic mass is 10.0. The van der Waals surface area contributed by atoms with Crippen LogP contribution in [0, 0.1) is 0 Å². The Labute approximate surface area is 106 Å². The van der Waals surface area contributed by atoms with Crippen LogP contribution in [0.4, 0.5) is 5.69 Å². The summed E-state index contributed by atoms with van der Waals surface area (Å²) in [5.41, 5.74) is 3.10. The fourth-order valence-corrected chi connectivity index (χ4v) is 1.76. The number of hydrogen-bond donors (Lipinski definition) is 2. The van der Waals surface area contributed by atoms with E-state index in [2.05, 4.69) is 5.32 Å². The van der Waals surface area contributed by atoms with Crippen LogP contribution in [0.15, 0.2) is 48.5 Å². The number of aromatic hydroxyl groups is 1. The minimum Gasteiger partial charge on any atom is -0.508 e. The normalized spacial score (nSPS) is 10.1. The topological polar surface area (TPSA) is 49.3 Å². The van der Waals surface area contributed by atoms with Gasteiger partial charge in [0.25, 0.3) is 0 Å². The van der Waals surface area contributed by atoms with Gasteiger partial charge >= 0.3 is 0 Å². The predicted octanol–water partition coefficient (Wildman–Crippen LogP) is 2.94. The molecule has 2 N–H and O–H groups in total. The SMILES string of the molecule is CC(=O)Nc1ccc(Cc2ccc(O)cc2)cc1. The summed E-state index contributed by atoms with van der Waals surface area (Å²) < 4.78 is 0. The first-order chi connectivity index (χ1) is 8.63. The number of phenolic OH excluding ortho intramolecular Hbond substituents is 1. The highest BCUT2D eigenvalue weighted by Crippen LogP contribution is 2.15. The Morgan fingerprint density at radius 2 is 1.50 bits per heavy atom. The minimum atomic E-state index is -0.0683. The van der Waals surface area contributed by atoms with E-state index >= 15 is 0 Å². The molecule has 0 radical (unpaired) electrons. The smallest absolute Gasteiger partial charge is 0.221 e. The highest BCUT2D eigenvalue weighted by molar-refractivity contribution is 5.88. The van der Waals surface area contributed by atoms with Gasteiger partial charge in [0.05, 0.1) is 0 Å². The van der Waals surface area contributed by atoms with Gasteiger partial charge in [-0.2, -0.15) is 0 Å². The molecule has 0 unspecified atom stereocenters. The fraction of sp³-hybridized carbons (Fsp3) is 0.133. The Kier molecular flexibility index (Phi) is 3.63. The Balaban J connectivity index is 2.06. The molecule has 0 spiro atoms. The number of nitrogens with one attached hydrogen (secondary N) is 1. The lowest BCUT2D eigenvalue weighted by Gasteiger charge is -2.05. The van der Waals surface area contributed by atoms with Crippen molar-refractivity contribution in [2.45, 2.75) is 13.3 Å². The number of carbonyl (C=O) groups is 1. The quantitative estimate of drug-likeness (QED) is 0.868. The van der Waals surface area contributed by atoms with E-state index in [1.807, 2.05) is 36.4 Å². The first kappa shape index (κ1) is 12.2. The molecule has 18 heavy (non-hydrogen) atoms. The molecule has 0 bridgehead atoms. The first-order valence-electron chi connectivity index (χ1n) is 5.78. The second-order valence-corrected chi connectivity index (χ2v) is 4.22. The van der Waals surface area contributed by atoms with Crippen LogP contribution in [0.25, 0.3) is 0 Å². The molecule has 3 heteroatoms. The van der Waals surface area contributed by atoms with E-state index in [1.54, 1.807) is 12.1 Å². The maximum atomic E-state index is 10.9. The van der Waals surface area contributed by atoms with Crippen molar-refractivity contribution in [1.29, 1.82) is 0 Å². The molecule has 0 fully saturated rings. The van der Waals surface area contributed by atoms with Crippen molar-refractivity contribution in [2.75, 3.05) is 5.32 Å². The molecule has 3 nitrogen and oxygen atoms in total. The molecule has 0 aromatic heterocycles. The van der Waals surface area contributed by atoms with Gasteiger partial charge in [-0.1, -0.05) is 24.3 Å². The molecule has 2 aromatic rings. The maximum absolute atomic E-state index is 10.9. The van der Waals surface area contributed by atoms with Crippen LogP contribution in [0.2, 0.25) is 0 Å². The van der Waals surface area contributed by atoms with Gasteiger partial charge in [0.1, 0.15) is 5.75 Å². The van der Waals surface area contributed by atoms with Crippen molar-refractivity contribution in [1.82, 2.24) is 0 Å². The lowest BCUT2D eigenvalue weighted by molar-refractivity contribution is -0.114. The first-order valence-corrected chi connectivity index (χ1v) is 5.78. The summed E-state index contributed by atoms with van der Waals surface area (Å²) in [4.78, 5) is 10.9. The molecule has 2 rings (SSSR count). The van der Waals surface area contributed by atoms with Gasteiger partial charge in [0.2, 0.25) is 5.91 Å². The molecule has 0 saturated carbocycles. The third kappa shape index (κ3) is 3.35. The summed E-state index contributed by atoms with van der Waals surface area (Å²) in [5.74, 6) is 0.209. The molecule has 92 valence electrons. The van der Waals surface area contributed by atoms with Crippen molar-refractivity contribution < 1.29 is 9.90 Å². The van der Waals surface area contributed by atoms with Crippen molar-refractivity contribution in [2.24, 2.45) is 0 Å². The number of hydrogen-bond acceptors (Lipinski definition) is 2. The molecule has 2 aromatic carbocycles. The predicted molar refractivity (Wildman–Crippen MR) is 71.7 cm³/mol. The fourth-order valence-electron chi connectivity index (χ4n) is 1.76. The number of anilines is 1. The largest absolute Gasteiger partial charge is 0.508 e. The zero-order chi connectivity index (χ0) is 13.0. The van der Waals surface area contributed by atoms with E-state index in [1.165, 1.54) is 6.92 Å². The van der Waals surface area contributed by atoms with E-state index < -0.39 is 0 Å². The van der Waals surface area contributed by atoms with Crippen molar-refractivity contribution in [3.05, 3.63) is 59.7 Å². The molecule has 0 aliphatic carbocycles. The van der Waals surface area contributed by atoms with Crippen molar-refractivity contribution >= 4 is 11.6 Å². The molecular weight excluding hydrogens is 226 g/mol. The van der Waals surface area contributed by atoms with E-state index in [4.69, 9.17) is 0 Å². The second kappa shape index (κ2) is 5.36. The lowest BCUT2D eigenvalue weighted by Crippen LogP contribution is -2.05. The van der Waals surface area contributed by atoms with Crippen LogP contribution in [0.5, 0.6) is 5.75 Å². The van der Waals surface area contributed by atoms with Crippen LogP contribution >= 0.6 is 0 Å². The van der Waals surface area contributed by atoms with Gasteiger partial charge in [-0.15, -0.1) is 0 Å². The van der Waals surface area contributed by atoms with Gasteiger partial charge < -0.3 is 10.4 Å². The molecular formula is C15H15NO2. The molecule has 0 aliphatic heterocycles. The van der Waals surface area contributed by atoms with E-state index in [9.17, 15) is 9.90 Å². The number of carbonyl (C=O) groups excluding carboxylic acids is 1. The average molecular weight is 241 g/mol. The summed E-state index contributed by atoms with van der Waals surface area (Å²) in [6.45, 7) is 1.49. The van der Waals surface area contributed by atoms with E-state index in [0.717, 1.165) is 23.2 Å². The number of amides is 1. The maximum Gasteiger partial charge on any atom is 0.221 e. The minimum absolute atomic E-state index is 0.0683. The molecule has 0 aliphatic rings. The molecule has 1 amide bonds. The zero-order valence-electron chi connectivity index (χ0n) is 10.2. The van der Waals surface area contributed by atoms with Crippen molar-refractivity contribution in [3.8, 4) is 5.75 Å². The Hall–Kier alpha value is -2.29. The average Bonchev–Trinajstić information content (AvgIpc) is 2.34. The Bertz CT molecular complexity index is 529. The van der Waals surface area contributed by atoms with E-state index in [-0.39, 0.29) is 11.7 Å². The summed E-state index contributed by atoms with van der Waals surface area (Å²) >= 11 is 0. The number of benzene rings is 2. The highest BCUT2D eigenvalue weighted by Gasteiger charge is 1.98. The van der Waals surface area contributed by atoms with Crippen molar-refractivity contribution in [3.63, 3.8) is 0 Å². The third-order valence-corrected chi connectivity index (χ3v) is 2.62. The summed E-state index contributed by atoms with van der Waals surface area (Å²) in [6.07, 6.45) is 0.806. The standard InChI is InChI=1S/C15H15NO2/c1-11(17)16-14-6-2-12(3-7-14)10-13-4-8-15(18)9-5-13/h2-9,18H,10H2,1H3,(H,16,17). The van der Waals surface area contributed by atoms with Crippen LogP contribution in [0.3, 0.4) is 0 Å². The second-order valence-electron chi connectivity index (χ2n) is 4.22. The Morgan fingerprint density at radius 1 is 1.00 bits per heavy atom. The van der Waals surface area contributed by atoms with Gasteiger partial charge in [0.15, 0.2) is 0 Å². The zero-order valence-corrected chi connectivity index (χ0v) is 10.2. The van der Waals surface area contributed by atoms with Gasteiger partial charge in [0, 0.05) is 12.6 Å². The van der Waals surface area contributed by atoms with Gasteiger partial charge in [-0.05, 0) is 41.8 Å². The van der Waals surface area contributed by atoms with E-state index in [0.29, 0.717) is 0 Å². The highest BCUT2D eigenvalue weighted by atomic mass is 16.3. The third-order valence-electron chi connectivity index (χ3n) is 2.62. The van der Waals surface area contributed by atoms with Crippen LogP contribution in [0.1, 0.15) is 18.1 Å². The van der Waals surface area contributed by atoms with Crippen LogP contribution in [-0.2, 0) is 11.2 Å². The Morgan fingerprint density at radius 3 is 2.00 bits per heavy atom.